The number of anilines is 1. The number of nitrogens with zero attached hydrogens (tertiary/aromatic N) is 1. The van der Waals surface area contributed by atoms with Crippen molar-refractivity contribution in [2.75, 3.05) is 5.32 Å². The fraction of sp³-hybridized carbons (Fsp3) is 0.333. The van der Waals surface area contributed by atoms with Crippen LogP contribution < -0.4 is 10.9 Å². The Morgan fingerprint density at radius 1 is 1.26 bits per heavy atom. The van der Waals surface area contributed by atoms with Crippen molar-refractivity contribution in [3.05, 3.63) is 63.1 Å². The van der Waals surface area contributed by atoms with Crippen molar-refractivity contribution in [1.82, 2.24) is 9.88 Å². The van der Waals surface area contributed by atoms with Gasteiger partial charge >= 0.3 is 0 Å². The highest BCUT2D eigenvalue weighted by molar-refractivity contribution is 6.04. The number of aromatic nitrogens is 1. The molecule has 5 heteroatoms. The van der Waals surface area contributed by atoms with E-state index in [4.69, 9.17) is 0 Å². The van der Waals surface area contributed by atoms with E-state index in [0.29, 0.717) is 17.3 Å². The first-order valence-electron chi connectivity index (χ1n) is 7.81. The third kappa shape index (κ3) is 3.19. The number of amides is 1. The SMILES string of the molecule is Cc1cc(C(=O)Nc2cccc3c2CN(C(C)C)C3)cc(=O)[nH]1. The Morgan fingerprint density at radius 2 is 2.04 bits per heavy atom. The normalized spacial score (nSPS) is 14.1. The first-order valence-corrected chi connectivity index (χ1v) is 7.81. The van der Waals surface area contributed by atoms with Crippen LogP contribution in [-0.4, -0.2) is 21.8 Å². The highest BCUT2D eigenvalue weighted by Crippen LogP contribution is 2.30. The zero-order valence-corrected chi connectivity index (χ0v) is 13.6. The van der Waals surface area contributed by atoms with Crippen LogP contribution in [0, 0.1) is 6.92 Å². The van der Waals surface area contributed by atoms with E-state index in [9.17, 15) is 9.59 Å². The molecule has 0 saturated heterocycles. The van der Waals surface area contributed by atoms with Crippen LogP contribution >= 0.6 is 0 Å². The van der Waals surface area contributed by atoms with Crippen LogP contribution in [0.2, 0.25) is 0 Å². The van der Waals surface area contributed by atoms with Gasteiger partial charge < -0.3 is 10.3 Å². The van der Waals surface area contributed by atoms with Crippen LogP contribution in [0.4, 0.5) is 5.69 Å². The van der Waals surface area contributed by atoms with Gasteiger partial charge in [0.15, 0.2) is 0 Å². The molecule has 5 nitrogen and oxygen atoms in total. The quantitative estimate of drug-likeness (QED) is 0.916. The van der Waals surface area contributed by atoms with Crippen molar-refractivity contribution in [2.45, 2.75) is 39.9 Å². The van der Waals surface area contributed by atoms with E-state index in [1.807, 2.05) is 12.1 Å². The summed E-state index contributed by atoms with van der Waals surface area (Å²) in [5.74, 6) is -0.254. The Kier molecular flexibility index (Phi) is 4.05. The molecule has 2 N–H and O–H groups in total. The largest absolute Gasteiger partial charge is 0.326 e. The highest BCUT2D eigenvalue weighted by atomic mass is 16.2. The van der Waals surface area contributed by atoms with Gasteiger partial charge in [-0.25, -0.2) is 0 Å². The molecule has 3 rings (SSSR count). The van der Waals surface area contributed by atoms with Gasteiger partial charge in [-0.1, -0.05) is 12.1 Å². The van der Waals surface area contributed by atoms with Gasteiger partial charge in [0.1, 0.15) is 0 Å². The number of H-pyrrole nitrogens is 1. The molecule has 0 fully saturated rings. The minimum atomic E-state index is -0.264. The summed E-state index contributed by atoms with van der Waals surface area (Å²) >= 11 is 0. The number of carbonyl (C=O) groups is 1. The molecule has 0 atom stereocenters. The van der Waals surface area contributed by atoms with Crippen LogP contribution in [0.1, 0.15) is 41.0 Å². The summed E-state index contributed by atoms with van der Waals surface area (Å²) in [5.41, 5.74) is 4.03. The minimum absolute atomic E-state index is 0.254. The summed E-state index contributed by atoms with van der Waals surface area (Å²) in [6.45, 7) is 7.84. The van der Waals surface area contributed by atoms with E-state index in [2.05, 4.69) is 35.1 Å². The molecule has 0 aliphatic carbocycles. The standard InChI is InChI=1S/C18H21N3O2/c1-11(2)21-9-13-5-4-6-16(15(13)10-21)20-18(23)14-7-12(3)19-17(22)8-14/h4-8,11H,9-10H2,1-3H3,(H,19,22)(H,20,23). The van der Waals surface area contributed by atoms with Gasteiger partial charge in [0.2, 0.25) is 5.56 Å². The van der Waals surface area contributed by atoms with Crippen molar-refractivity contribution in [1.29, 1.82) is 0 Å². The number of aromatic amines is 1. The van der Waals surface area contributed by atoms with Crippen molar-refractivity contribution < 1.29 is 4.79 Å². The summed E-state index contributed by atoms with van der Waals surface area (Å²) in [4.78, 5) is 29.0. The van der Waals surface area contributed by atoms with E-state index in [-0.39, 0.29) is 11.5 Å². The number of hydrogen-bond donors (Lipinski definition) is 2. The van der Waals surface area contributed by atoms with Gasteiger partial charge in [0.25, 0.3) is 5.91 Å². The zero-order chi connectivity index (χ0) is 16.6. The second-order valence-corrected chi connectivity index (χ2v) is 6.31. The molecule has 120 valence electrons. The maximum atomic E-state index is 12.5. The average molecular weight is 311 g/mol. The predicted molar refractivity (Wildman–Crippen MR) is 90.6 cm³/mol. The molecule has 1 aromatic carbocycles. The fourth-order valence-electron chi connectivity index (χ4n) is 2.94. The summed E-state index contributed by atoms with van der Waals surface area (Å²) in [5, 5.41) is 2.95. The smallest absolute Gasteiger partial charge is 0.255 e. The van der Waals surface area contributed by atoms with E-state index < -0.39 is 0 Å². The van der Waals surface area contributed by atoms with Crippen molar-refractivity contribution in [3.63, 3.8) is 0 Å². The Labute approximate surface area is 135 Å². The molecule has 1 aliphatic heterocycles. The summed E-state index contributed by atoms with van der Waals surface area (Å²) in [6, 6.07) is 9.44. The highest BCUT2D eigenvalue weighted by Gasteiger charge is 2.24. The molecule has 0 unspecified atom stereocenters. The molecule has 0 radical (unpaired) electrons. The second kappa shape index (κ2) is 6.01. The van der Waals surface area contributed by atoms with Gasteiger partial charge in [-0.15, -0.1) is 0 Å². The summed E-state index contributed by atoms with van der Waals surface area (Å²) in [7, 11) is 0. The molecule has 1 aliphatic rings. The fourth-order valence-corrected chi connectivity index (χ4v) is 2.94. The van der Waals surface area contributed by atoms with Gasteiger partial charge in [-0.2, -0.15) is 0 Å². The summed E-state index contributed by atoms with van der Waals surface area (Å²) in [6.07, 6.45) is 0. The second-order valence-electron chi connectivity index (χ2n) is 6.31. The third-order valence-corrected chi connectivity index (χ3v) is 4.23. The number of hydrogen-bond acceptors (Lipinski definition) is 3. The Morgan fingerprint density at radius 3 is 2.74 bits per heavy atom. The topological polar surface area (TPSA) is 65.2 Å². The van der Waals surface area contributed by atoms with Crippen molar-refractivity contribution in [2.24, 2.45) is 0 Å². The van der Waals surface area contributed by atoms with Crippen LogP contribution in [0.25, 0.3) is 0 Å². The molecule has 0 bridgehead atoms. The Hall–Kier alpha value is -2.40. The molecule has 23 heavy (non-hydrogen) atoms. The predicted octanol–water partition coefficient (Wildman–Crippen LogP) is 2.66. The number of rotatable bonds is 3. The van der Waals surface area contributed by atoms with Gasteiger partial charge in [0, 0.05) is 42.1 Å². The van der Waals surface area contributed by atoms with E-state index >= 15 is 0 Å². The third-order valence-electron chi connectivity index (χ3n) is 4.23. The van der Waals surface area contributed by atoms with E-state index in [1.54, 1.807) is 13.0 Å². The van der Waals surface area contributed by atoms with Crippen LogP contribution in [-0.2, 0) is 13.1 Å². The van der Waals surface area contributed by atoms with Gasteiger partial charge in [-0.05, 0) is 44.0 Å². The first-order chi connectivity index (χ1) is 10.9. The van der Waals surface area contributed by atoms with Crippen molar-refractivity contribution in [3.8, 4) is 0 Å². The van der Waals surface area contributed by atoms with Gasteiger partial charge in [0.05, 0.1) is 0 Å². The maximum Gasteiger partial charge on any atom is 0.255 e. The number of benzene rings is 1. The molecule has 0 saturated carbocycles. The lowest BCUT2D eigenvalue weighted by molar-refractivity contribution is 0.102. The van der Waals surface area contributed by atoms with Crippen LogP contribution in [0.15, 0.2) is 35.1 Å². The zero-order valence-electron chi connectivity index (χ0n) is 13.6. The average Bonchev–Trinajstić information content (AvgIpc) is 2.91. The van der Waals surface area contributed by atoms with E-state index in [0.717, 1.165) is 24.3 Å². The molecular weight excluding hydrogens is 290 g/mol. The van der Waals surface area contributed by atoms with Gasteiger partial charge in [-0.3, -0.25) is 14.5 Å². The first kappa shape index (κ1) is 15.5. The number of nitrogens with one attached hydrogen (secondary N) is 2. The number of fused-ring (bicyclic) bond motifs is 1. The lowest BCUT2D eigenvalue weighted by Gasteiger charge is -2.19. The van der Waals surface area contributed by atoms with E-state index in [1.165, 1.54) is 11.6 Å². The number of carbonyl (C=O) groups excluding carboxylic acids is 1. The van der Waals surface area contributed by atoms with Crippen LogP contribution in [0.3, 0.4) is 0 Å². The minimum Gasteiger partial charge on any atom is -0.326 e. The van der Waals surface area contributed by atoms with Crippen molar-refractivity contribution >= 4 is 11.6 Å². The number of aryl methyl sites for hydroxylation is 1. The maximum absolute atomic E-state index is 12.5. The lowest BCUT2D eigenvalue weighted by atomic mass is 10.1. The molecule has 2 aromatic rings. The monoisotopic (exact) mass is 311 g/mol. The van der Waals surface area contributed by atoms with Crippen LogP contribution in [0.5, 0.6) is 0 Å². The molecule has 0 spiro atoms. The Balaban J connectivity index is 1.86. The summed E-state index contributed by atoms with van der Waals surface area (Å²) < 4.78 is 0. The number of pyridine rings is 1. The molecule has 2 heterocycles. The Bertz CT molecular complexity index is 808. The lowest BCUT2D eigenvalue weighted by Crippen LogP contribution is -2.24. The molecule has 1 aromatic heterocycles. The molecular formula is C18H21N3O2. The molecule has 1 amide bonds.